The van der Waals surface area contributed by atoms with Gasteiger partial charge in [-0.3, -0.25) is 9.80 Å². The zero-order valence-corrected chi connectivity index (χ0v) is 14.4. The summed E-state index contributed by atoms with van der Waals surface area (Å²) < 4.78 is 5.88. The summed E-state index contributed by atoms with van der Waals surface area (Å²) in [6.07, 6.45) is 2.33. The molecule has 1 aromatic rings. The lowest BCUT2D eigenvalue weighted by Crippen LogP contribution is -2.49. The van der Waals surface area contributed by atoms with Gasteiger partial charge in [-0.2, -0.15) is 0 Å². The molecular weight excluding hydrogens is 288 g/mol. The Kier molecular flexibility index (Phi) is 5.57. The summed E-state index contributed by atoms with van der Waals surface area (Å²) in [5.41, 5.74) is 1.21. The highest BCUT2D eigenvalue weighted by Gasteiger charge is 2.31. The van der Waals surface area contributed by atoms with Crippen LogP contribution in [-0.2, 0) is 0 Å². The predicted molar refractivity (Wildman–Crippen MR) is 93.1 cm³/mol. The zero-order chi connectivity index (χ0) is 16.2. The van der Waals surface area contributed by atoms with Gasteiger partial charge in [0.25, 0.3) is 0 Å². The van der Waals surface area contributed by atoms with Crippen molar-refractivity contribution in [3.05, 3.63) is 29.8 Å². The lowest BCUT2D eigenvalue weighted by molar-refractivity contribution is 0.0443. The van der Waals surface area contributed by atoms with Crippen LogP contribution in [0.3, 0.4) is 0 Å². The van der Waals surface area contributed by atoms with Gasteiger partial charge >= 0.3 is 0 Å². The van der Waals surface area contributed by atoms with E-state index in [-0.39, 0.29) is 0 Å². The number of aliphatic hydroxyl groups is 1. The maximum Gasteiger partial charge on any atom is 0.122 e. The van der Waals surface area contributed by atoms with Gasteiger partial charge in [-0.15, -0.1) is 0 Å². The molecule has 23 heavy (non-hydrogen) atoms. The van der Waals surface area contributed by atoms with Gasteiger partial charge in [0.05, 0.1) is 0 Å². The second kappa shape index (κ2) is 7.65. The number of β-amino-alcohol motifs (C(OH)–C–C–N with tert-alkyl or cyclic N) is 1. The number of rotatable bonds is 7. The largest absolute Gasteiger partial charge is 0.491 e. The van der Waals surface area contributed by atoms with Crippen LogP contribution < -0.4 is 4.74 Å². The number of piperazine rings is 1. The summed E-state index contributed by atoms with van der Waals surface area (Å²) in [6, 6.07) is 8.99. The molecule has 1 aromatic carbocycles. The maximum atomic E-state index is 10.3. The molecule has 2 aliphatic rings. The molecule has 2 fully saturated rings. The maximum absolute atomic E-state index is 10.3. The molecule has 128 valence electrons. The first-order valence-corrected chi connectivity index (χ1v) is 8.99. The van der Waals surface area contributed by atoms with Crippen molar-refractivity contribution in [2.24, 2.45) is 0 Å². The summed E-state index contributed by atoms with van der Waals surface area (Å²) in [5, 5.41) is 10.3. The SMILES string of the molecule is CC(C)c1ccccc1OCC(O)CN1CCN(C2CC2)CC1. The van der Waals surface area contributed by atoms with Gasteiger partial charge in [0, 0.05) is 38.8 Å². The van der Waals surface area contributed by atoms with E-state index in [4.69, 9.17) is 4.74 Å². The molecule has 1 aliphatic heterocycles. The number of nitrogens with zero attached hydrogens (tertiary/aromatic N) is 2. The van der Waals surface area contributed by atoms with Crippen LogP contribution in [0.5, 0.6) is 5.75 Å². The molecule has 0 bridgehead atoms. The molecule has 3 rings (SSSR count). The number of aliphatic hydroxyl groups excluding tert-OH is 1. The lowest BCUT2D eigenvalue weighted by Gasteiger charge is -2.35. The molecule has 1 atom stereocenters. The average Bonchev–Trinajstić information content (AvgIpc) is 3.39. The van der Waals surface area contributed by atoms with Crippen LogP contribution in [-0.4, -0.2) is 66.4 Å². The van der Waals surface area contributed by atoms with E-state index in [1.807, 2.05) is 18.2 Å². The fraction of sp³-hybridized carbons (Fsp3) is 0.684. The van der Waals surface area contributed by atoms with Gasteiger partial charge in [-0.25, -0.2) is 0 Å². The molecule has 0 spiro atoms. The lowest BCUT2D eigenvalue weighted by atomic mass is 10.0. The van der Waals surface area contributed by atoms with Crippen molar-refractivity contribution in [2.75, 3.05) is 39.3 Å². The summed E-state index contributed by atoms with van der Waals surface area (Å²) in [5.74, 6) is 1.33. The zero-order valence-electron chi connectivity index (χ0n) is 14.4. The van der Waals surface area contributed by atoms with E-state index in [0.717, 1.165) is 38.0 Å². The van der Waals surface area contributed by atoms with Gasteiger partial charge in [0.1, 0.15) is 18.5 Å². The monoisotopic (exact) mass is 318 g/mol. The van der Waals surface area contributed by atoms with Crippen LogP contribution in [0.4, 0.5) is 0 Å². The Balaban J connectivity index is 1.42. The van der Waals surface area contributed by atoms with Gasteiger partial charge in [-0.1, -0.05) is 32.0 Å². The Morgan fingerprint density at radius 3 is 2.48 bits per heavy atom. The molecule has 1 saturated heterocycles. The summed E-state index contributed by atoms with van der Waals surface area (Å²) in [7, 11) is 0. The molecule has 1 unspecified atom stereocenters. The molecule has 1 aliphatic carbocycles. The highest BCUT2D eigenvalue weighted by atomic mass is 16.5. The van der Waals surface area contributed by atoms with E-state index >= 15 is 0 Å². The van der Waals surface area contributed by atoms with Gasteiger partial charge in [-0.05, 0) is 30.4 Å². The van der Waals surface area contributed by atoms with Crippen LogP contribution in [0.1, 0.15) is 38.2 Å². The minimum atomic E-state index is -0.428. The number of para-hydroxylation sites is 1. The van der Waals surface area contributed by atoms with Crippen LogP contribution in [0.25, 0.3) is 0 Å². The van der Waals surface area contributed by atoms with E-state index in [2.05, 4.69) is 29.7 Å². The van der Waals surface area contributed by atoms with Crippen LogP contribution in [0.2, 0.25) is 0 Å². The van der Waals surface area contributed by atoms with Crippen molar-refractivity contribution >= 4 is 0 Å². The van der Waals surface area contributed by atoms with Crippen molar-refractivity contribution in [2.45, 2.75) is 44.8 Å². The molecule has 0 aromatic heterocycles. The third-order valence-corrected chi connectivity index (χ3v) is 4.91. The first-order valence-electron chi connectivity index (χ1n) is 8.99. The van der Waals surface area contributed by atoms with E-state index in [9.17, 15) is 5.11 Å². The number of hydrogen-bond donors (Lipinski definition) is 1. The molecule has 0 amide bonds. The molecule has 1 N–H and O–H groups in total. The van der Waals surface area contributed by atoms with E-state index in [0.29, 0.717) is 19.1 Å². The highest BCUT2D eigenvalue weighted by Crippen LogP contribution is 2.28. The van der Waals surface area contributed by atoms with Crippen LogP contribution in [0, 0.1) is 0 Å². The summed E-state index contributed by atoms with van der Waals surface area (Å²) in [4.78, 5) is 4.96. The molecule has 1 heterocycles. The van der Waals surface area contributed by atoms with E-state index < -0.39 is 6.10 Å². The predicted octanol–water partition coefficient (Wildman–Crippen LogP) is 2.33. The second-order valence-corrected chi connectivity index (χ2v) is 7.23. The first kappa shape index (κ1) is 16.7. The Labute approximate surface area is 140 Å². The molecule has 0 radical (unpaired) electrons. The minimum Gasteiger partial charge on any atom is -0.491 e. The minimum absolute atomic E-state index is 0.368. The third kappa shape index (κ3) is 4.69. The van der Waals surface area contributed by atoms with E-state index in [1.165, 1.54) is 18.4 Å². The topological polar surface area (TPSA) is 35.9 Å². The summed E-state index contributed by atoms with van der Waals surface area (Å²) >= 11 is 0. The Hall–Kier alpha value is -1.10. The molecule has 4 nitrogen and oxygen atoms in total. The highest BCUT2D eigenvalue weighted by molar-refractivity contribution is 5.35. The molecular formula is C19H30N2O2. The first-order chi connectivity index (χ1) is 11.1. The quantitative estimate of drug-likeness (QED) is 0.837. The van der Waals surface area contributed by atoms with Crippen molar-refractivity contribution in [3.8, 4) is 5.75 Å². The van der Waals surface area contributed by atoms with Gasteiger partial charge in [0.15, 0.2) is 0 Å². The van der Waals surface area contributed by atoms with Crippen molar-refractivity contribution in [3.63, 3.8) is 0 Å². The fourth-order valence-electron chi connectivity index (χ4n) is 3.38. The second-order valence-electron chi connectivity index (χ2n) is 7.23. The molecule has 4 heteroatoms. The van der Waals surface area contributed by atoms with Gasteiger partial charge < -0.3 is 9.84 Å². The Morgan fingerprint density at radius 1 is 1.13 bits per heavy atom. The normalized spacial score (nSPS) is 21.6. The Morgan fingerprint density at radius 2 is 1.83 bits per heavy atom. The Bertz CT molecular complexity index is 494. The van der Waals surface area contributed by atoms with Crippen molar-refractivity contribution < 1.29 is 9.84 Å². The number of hydrogen-bond acceptors (Lipinski definition) is 4. The summed E-state index contributed by atoms with van der Waals surface area (Å²) in [6.45, 7) is 9.83. The van der Waals surface area contributed by atoms with Gasteiger partial charge in [0.2, 0.25) is 0 Å². The average molecular weight is 318 g/mol. The fourth-order valence-corrected chi connectivity index (χ4v) is 3.38. The van der Waals surface area contributed by atoms with Crippen LogP contribution >= 0.6 is 0 Å². The third-order valence-electron chi connectivity index (χ3n) is 4.91. The smallest absolute Gasteiger partial charge is 0.122 e. The standard InChI is InChI=1S/C19H30N2O2/c1-15(2)18-5-3-4-6-19(18)23-14-17(22)13-20-9-11-21(12-10-20)16-7-8-16/h3-6,15-17,22H,7-14H2,1-2H3. The number of ether oxygens (including phenoxy) is 1. The molecule has 1 saturated carbocycles. The number of benzene rings is 1. The van der Waals surface area contributed by atoms with Crippen LogP contribution in [0.15, 0.2) is 24.3 Å². The van der Waals surface area contributed by atoms with Crippen molar-refractivity contribution in [1.29, 1.82) is 0 Å². The van der Waals surface area contributed by atoms with Crippen molar-refractivity contribution in [1.82, 2.24) is 9.80 Å². The van der Waals surface area contributed by atoms with E-state index in [1.54, 1.807) is 0 Å².